The van der Waals surface area contributed by atoms with Gasteiger partial charge in [-0.25, -0.2) is 4.79 Å². The van der Waals surface area contributed by atoms with Gasteiger partial charge in [0, 0.05) is 6.04 Å². The Morgan fingerprint density at radius 3 is 2.67 bits per heavy atom. The third kappa shape index (κ3) is 3.23. The van der Waals surface area contributed by atoms with Crippen LogP contribution in [0.15, 0.2) is 30.3 Å². The van der Waals surface area contributed by atoms with Crippen LogP contribution in [-0.4, -0.2) is 23.2 Å². The van der Waals surface area contributed by atoms with Crippen LogP contribution < -0.4 is 5.73 Å². The van der Waals surface area contributed by atoms with Gasteiger partial charge in [-0.3, -0.25) is 4.90 Å². The van der Waals surface area contributed by atoms with Crippen molar-refractivity contribution in [2.24, 2.45) is 5.73 Å². The van der Waals surface area contributed by atoms with Crippen molar-refractivity contribution in [1.29, 1.82) is 0 Å². The van der Waals surface area contributed by atoms with E-state index >= 15 is 0 Å². The van der Waals surface area contributed by atoms with E-state index in [1.807, 2.05) is 37.3 Å². The number of carbonyl (C=O) groups excluding carboxylic acids is 1. The quantitative estimate of drug-likeness (QED) is 0.814. The molecular weight excluding hydrogens is 228 g/mol. The molecule has 0 saturated heterocycles. The molecule has 98 valence electrons. The van der Waals surface area contributed by atoms with Gasteiger partial charge in [0.05, 0.1) is 6.17 Å². The highest BCUT2D eigenvalue weighted by Crippen LogP contribution is 2.29. The van der Waals surface area contributed by atoms with E-state index in [2.05, 4.69) is 0 Å². The number of amides is 1. The summed E-state index contributed by atoms with van der Waals surface area (Å²) >= 11 is 0. The lowest BCUT2D eigenvalue weighted by molar-refractivity contribution is 0.0769. The Bertz CT molecular complexity index is 390. The van der Waals surface area contributed by atoms with Crippen molar-refractivity contribution in [2.75, 3.05) is 0 Å². The zero-order valence-corrected chi connectivity index (χ0v) is 10.7. The topological polar surface area (TPSA) is 55.6 Å². The van der Waals surface area contributed by atoms with Gasteiger partial charge < -0.3 is 10.5 Å². The molecule has 1 aliphatic carbocycles. The number of rotatable bonds is 5. The number of hydrogen-bond donors (Lipinski definition) is 1. The molecule has 1 unspecified atom stereocenters. The second kappa shape index (κ2) is 5.87. The number of nitrogens with zero attached hydrogens (tertiary/aromatic N) is 1. The Labute approximate surface area is 108 Å². The zero-order valence-electron chi connectivity index (χ0n) is 10.7. The van der Waals surface area contributed by atoms with Crippen LogP contribution in [0.5, 0.6) is 0 Å². The number of benzene rings is 1. The predicted molar refractivity (Wildman–Crippen MR) is 69.8 cm³/mol. The molecule has 1 saturated carbocycles. The first kappa shape index (κ1) is 12.9. The van der Waals surface area contributed by atoms with Crippen LogP contribution in [0.4, 0.5) is 4.79 Å². The molecule has 0 aromatic heterocycles. The van der Waals surface area contributed by atoms with E-state index in [9.17, 15) is 4.79 Å². The molecule has 2 rings (SSSR count). The van der Waals surface area contributed by atoms with Crippen LogP contribution in [0.1, 0.15) is 31.7 Å². The molecule has 18 heavy (non-hydrogen) atoms. The summed E-state index contributed by atoms with van der Waals surface area (Å²) in [6.45, 7) is 2.28. The summed E-state index contributed by atoms with van der Waals surface area (Å²) in [7, 11) is 0. The summed E-state index contributed by atoms with van der Waals surface area (Å²) in [4.78, 5) is 13.7. The molecule has 1 amide bonds. The van der Waals surface area contributed by atoms with E-state index in [-0.39, 0.29) is 18.3 Å². The molecule has 1 aliphatic rings. The van der Waals surface area contributed by atoms with Crippen molar-refractivity contribution in [3.8, 4) is 0 Å². The highest BCUT2D eigenvalue weighted by molar-refractivity contribution is 5.68. The SMILES string of the molecule is CCC(N)N(C(=O)OCc1ccccc1)C1CC1. The summed E-state index contributed by atoms with van der Waals surface area (Å²) < 4.78 is 5.32. The van der Waals surface area contributed by atoms with Gasteiger partial charge in [-0.05, 0) is 24.8 Å². The van der Waals surface area contributed by atoms with Crippen LogP contribution >= 0.6 is 0 Å². The molecule has 0 heterocycles. The molecule has 0 spiro atoms. The van der Waals surface area contributed by atoms with Crippen molar-refractivity contribution < 1.29 is 9.53 Å². The Balaban J connectivity index is 1.89. The first-order chi connectivity index (χ1) is 8.72. The molecule has 1 atom stereocenters. The highest BCUT2D eigenvalue weighted by atomic mass is 16.6. The van der Waals surface area contributed by atoms with E-state index in [4.69, 9.17) is 10.5 Å². The van der Waals surface area contributed by atoms with Crippen LogP contribution in [0, 0.1) is 0 Å². The molecule has 1 aromatic rings. The van der Waals surface area contributed by atoms with Crippen molar-refractivity contribution in [3.63, 3.8) is 0 Å². The Hall–Kier alpha value is -1.55. The lowest BCUT2D eigenvalue weighted by Crippen LogP contribution is -2.47. The smallest absolute Gasteiger partial charge is 0.411 e. The van der Waals surface area contributed by atoms with Gasteiger partial charge in [-0.1, -0.05) is 37.3 Å². The lowest BCUT2D eigenvalue weighted by Gasteiger charge is -2.27. The number of carbonyl (C=O) groups is 1. The van der Waals surface area contributed by atoms with Crippen molar-refractivity contribution in [2.45, 2.75) is 45.0 Å². The van der Waals surface area contributed by atoms with Gasteiger partial charge in [-0.2, -0.15) is 0 Å². The van der Waals surface area contributed by atoms with E-state index in [1.165, 1.54) is 0 Å². The lowest BCUT2D eigenvalue weighted by atomic mass is 10.2. The molecule has 4 heteroatoms. The van der Waals surface area contributed by atoms with E-state index in [1.54, 1.807) is 4.90 Å². The van der Waals surface area contributed by atoms with Gasteiger partial charge in [0.2, 0.25) is 0 Å². The van der Waals surface area contributed by atoms with Crippen molar-refractivity contribution in [3.05, 3.63) is 35.9 Å². The third-order valence-corrected chi connectivity index (χ3v) is 3.13. The largest absolute Gasteiger partial charge is 0.445 e. The molecule has 0 radical (unpaired) electrons. The molecular formula is C14H20N2O2. The molecule has 1 fully saturated rings. The number of nitrogens with two attached hydrogens (primary N) is 1. The summed E-state index contributed by atoms with van der Waals surface area (Å²) in [5.74, 6) is 0. The summed E-state index contributed by atoms with van der Waals surface area (Å²) in [6, 6.07) is 9.96. The fourth-order valence-electron chi connectivity index (χ4n) is 1.90. The predicted octanol–water partition coefficient (Wildman–Crippen LogP) is 2.48. The van der Waals surface area contributed by atoms with Gasteiger partial charge in [0.25, 0.3) is 0 Å². The fourth-order valence-corrected chi connectivity index (χ4v) is 1.90. The Morgan fingerprint density at radius 2 is 2.11 bits per heavy atom. The first-order valence-electron chi connectivity index (χ1n) is 6.47. The maximum atomic E-state index is 12.0. The maximum absolute atomic E-state index is 12.0. The normalized spacial score (nSPS) is 16.1. The second-order valence-corrected chi connectivity index (χ2v) is 4.65. The van der Waals surface area contributed by atoms with Gasteiger partial charge >= 0.3 is 6.09 Å². The maximum Gasteiger partial charge on any atom is 0.411 e. The molecule has 1 aromatic carbocycles. The summed E-state index contributed by atoms with van der Waals surface area (Å²) in [5, 5.41) is 0. The van der Waals surface area contributed by atoms with E-state index in [0.717, 1.165) is 24.8 Å². The van der Waals surface area contributed by atoms with Crippen molar-refractivity contribution in [1.82, 2.24) is 4.90 Å². The van der Waals surface area contributed by atoms with Gasteiger partial charge in [-0.15, -0.1) is 0 Å². The molecule has 0 bridgehead atoms. The minimum atomic E-state index is -0.296. The average molecular weight is 248 g/mol. The second-order valence-electron chi connectivity index (χ2n) is 4.65. The van der Waals surface area contributed by atoms with Gasteiger partial charge in [0.1, 0.15) is 6.61 Å². The standard InChI is InChI=1S/C14H20N2O2/c1-2-13(15)16(12-8-9-12)14(17)18-10-11-6-4-3-5-7-11/h3-7,12-13H,2,8-10,15H2,1H3. The van der Waals surface area contributed by atoms with Crippen LogP contribution in [0.25, 0.3) is 0 Å². The first-order valence-corrected chi connectivity index (χ1v) is 6.47. The molecule has 4 nitrogen and oxygen atoms in total. The minimum absolute atomic E-state index is 0.235. The van der Waals surface area contributed by atoms with E-state index in [0.29, 0.717) is 6.61 Å². The van der Waals surface area contributed by atoms with E-state index < -0.39 is 0 Å². The third-order valence-electron chi connectivity index (χ3n) is 3.13. The average Bonchev–Trinajstić information content (AvgIpc) is 3.22. The van der Waals surface area contributed by atoms with Crippen LogP contribution in [0.2, 0.25) is 0 Å². The molecule has 2 N–H and O–H groups in total. The zero-order chi connectivity index (χ0) is 13.0. The summed E-state index contributed by atoms with van der Waals surface area (Å²) in [5.41, 5.74) is 6.95. The minimum Gasteiger partial charge on any atom is -0.445 e. The monoisotopic (exact) mass is 248 g/mol. The van der Waals surface area contributed by atoms with Gasteiger partial charge in [0.15, 0.2) is 0 Å². The number of ether oxygens (including phenoxy) is 1. The highest BCUT2D eigenvalue weighted by Gasteiger charge is 2.36. The molecule has 0 aliphatic heterocycles. The van der Waals surface area contributed by atoms with Crippen LogP contribution in [0.3, 0.4) is 0 Å². The fraction of sp³-hybridized carbons (Fsp3) is 0.500. The number of hydrogen-bond acceptors (Lipinski definition) is 3. The Morgan fingerprint density at radius 1 is 1.44 bits per heavy atom. The van der Waals surface area contributed by atoms with Crippen molar-refractivity contribution >= 4 is 6.09 Å². The van der Waals surface area contributed by atoms with Crippen LogP contribution in [-0.2, 0) is 11.3 Å². The Kier molecular flexibility index (Phi) is 4.20. The summed E-state index contributed by atoms with van der Waals surface area (Å²) in [6.07, 6.45) is 2.29.